The number of amides is 2. The molecule has 0 spiro atoms. The standard InChI is InChI=1S/C14H21N3O3/c1-14(2,3)20-13(19)17-8-4-7-16-12(18)11-5-9-15-10-6-11/h5-6,9-10H,4,7-8H2,1-3H3,(H,16,18)(H,17,19). The molecule has 1 aromatic heterocycles. The third-order valence-corrected chi connectivity index (χ3v) is 2.25. The first kappa shape index (κ1) is 15.9. The fraction of sp³-hybridized carbons (Fsp3) is 0.500. The molecule has 0 radical (unpaired) electrons. The lowest BCUT2D eigenvalue weighted by molar-refractivity contribution is 0.0527. The van der Waals surface area contributed by atoms with Crippen molar-refractivity contribution in [1.82, 2.24) is 15.6 Å². The number of rotatable bonds is 5. The number of carbonyl (C=O) groups excluding carboxylic acids is 2. The van der Waals surface area contributed by atoms with E-state index in [1.54, 1.807) is 24.5 Å². The maximum atomic E-state index is 11.7. The lowest BCUT2D eigenvalue weighted by atomic mass is 10.2. The summed E-state index contributed by atoms with van der Waals surface area (Å²) in [4.78, 5) is 26.9. The first-order valence-corrected chi connectivity index (χ1v) is 6.53. The van der Waals surface area contributed by atoms with Crippen molar-refractivity contribution in [2.45, 2.75) is 32.8 Å². The Morgan fingerprint density at radius 1 is 1.15 bits per heavy atom. The number of carbonyl (C=O) groups is 2. The molecule has 0 fully saturated rings. The number of hydrogen-bond donors (Lipinski definition) is 2. The smallest absolute Gasteiger partial charge is 0.407 e. The second kappa shape index (κ2) is 7.47. The van der Waals surface area contributed by atoms with Crippen LogP contribution in [0.25, 0.3) is 0 Å². The topological polar surface area (TPSA) is 80.3 Å². The van der Waals surface area contributed by atoms with E-state index in [0.29, 0.717) is 25.1 Å². The van der Waals surface area contributed by atoms with Crippen molar-refractivity contribution in [1.29, 1.82) is 0 Å². The van der Waals surface area contributed by atoms with Crippen LogP contribution in [0.1, 0.15) is 37.6 Å². The third kappa shape index (κ3) is 6.72. The third-order valence-electron chi connectivity index (χ3n) is 2.25. The second-order valence-electron chi connectivity index (χ2n) is 5.27. The van der Waals surface area contributed by atoms with E-state index in [1.165, 1.54) is 0 Å². The van der Waals surface area contributed by atoms with Gasteiger partial charge in [0.15, 0.2) is 0 Å². The minimum atomic E-state index is -0.500. The summed E-state index contributed by atoms with van der Waals surface area (Å²) in [5.74, 6) is -0.148. The molecule has 6 nitrogen and oxygen atoms in total. The quantitative estimate of drug-likeness (QED) is 0.804. The van der Waals surface area contributed by atoms with Crippen LogP contribution in [0.2, 0.25) is 0 Å². The summed E-state index contributed by atoms with van der Waals surface area (Å²) >= 11 is 0. The molecule has 1 rings (SSSR count). The van der Waals surface area contributed by atoms with Crippen LogP contribution in [0.15, 0.2) is 24.5 Å². The summed E-state index contributed by atoms with van der Waals surface area (Å²) < 4.78 is 5.09. The summed E-state index contributed by atoms with van der Waals surface area (Å²) in [6.45, 7) is 6.35. The maximum Gasteiger partial charge on any atom is 0.407 e. The molecule has 0 bridgehead atoms. The molecule has 0 saturated heterocycles. The van der Waals surface area contributed by atoms with Crippen LogP contribution in [0.3, 0.4) is 0 Å². The highest BCUT2D eigenvalue weighted by atomic mass is 16.6. The number of nitrogens with one attached hydrogen (secondary N) is 2. The van der Waals surface area contributed by atoms with Gasteiger partial charge < -0.3 is 15.4 Å². The average molecular weight is 279 g/mol. The maximum absolute atomic E-state index is 11.7. The summed E-state index contributed by atoms with van der Waals surface area (Å²) in [7, 11) is 0. The van der Waals surface area contributed by atoms with E-state index >= 15 is 0 Å². The minimum absolute atomic E-state index is 0.148. The lowest BCUT2D eigenvalue weighted by Crippen LogP contribution is -2.34. The molecular weight excluding hydrogens is 258 g/mol. The predicted molar refractivity (Wildman–Crippen MR) is 75.4 cm³/mol. The Hall–Kier alpha value is -2.11. The Kier molecular flexibility index (Phi) is 5.96. The number of aromatic nitrogens is 1. The zero-order valence-electron chi connectivity index (χ0n) is 12.1. The second-order valence-corrected chi connectivity index (χ2v) is 5.27. The molecule has 110 valence electrons. The molecule has 20 heavy (non-hydrogen) atoms. The van der Waals surface area contributed by atoms with Crippen molar-refractivity contribution >= 4 is 12.0 Å². The molecule has 1 heterocycles. The highest BCUT2D eigenvalue weighted by Crippen LogP contribution is 2.06. The van der Waals surface area contributed by atoms with Gasteiger partial charge in [-0.2, -0.15) is 0 Å². The van der Waals surface area contributed by atoms with Crippen LogP contribution >= 0.6 is 0 Å². The molecule has 1 aromatic rings. The largest absolute Gasteiger partial charge is 0.444 e. The number of pyridine rings is 1. The fourth-order valence-electron chi connectivity index (χ4n) is 1.40. The van der Waals surface area contributed by atoms with E-state index in [0.717, 1.165) is 0 Å². The Bertz CT molecular complexity index is 441. The minimum Gasteiger partial charge on any atom is -0.444 e. The first-order chi connectivity index (χ1) is 9.38. The van der Waals surface area contributed by atoms with Gasteiger partial charge in [0, 0.05) is 31.0 Å². The monoisotopic (exact) mass is 279 g/mol. The van der Waals surface area contributed by atoms with Crippen molar-refractivity contribution in [3.05, 3.63) is 30.1 Å². The van der Waals surface area contributed by atoms with E-state index in [4.69, 9.17) is 4.74 Å². The normalized spacial score (nSPS) is 10.8. The first-order valence-electron chi connectivity index (χ1n) is 6.53. The van der Waals surface area contributed by atoms with Crippen LogP contribution in [0, 0.1) is 0 Å². The van der Waals surface area contributed by atoms with E-state index in [1.807, 2.05) is 20.8 Å². The van der Waals surface area contributed by atoms with E-state index in [2.05, 4.69) is 15.6 Å². The molecule has 0 aliphatic carbocycles. The van der Waals surface area contributed by atoms with Crippen molar-refractivity contribution < 1.29 is 14.3 Å². The molecular formula is C14H21N3O3. The van der Waals surface area contributed by atoms with Crippen LogP contribution in [-0.4, -0.2) is 35.7 Å². The molecule has 0 atom stereocenters. The number of ether oxygens (including phenoxy) is 1. The Morgan fingerprint density at radius 3 is 2.35 bits per heavy atom. The fourth-order valence-corrected chi connectivity index (χ4v) is 1.40. The van der Waals surface area contributed by atoms with Gasteiger partial charge in [0.25, 0.3) is 5.91 Å². The molecule has 2 amide bonds. The van der Waals surface area contributed by atoms with Gasteiger partial charge in [-0.1, -0.05) is 0 Å². The summed E-state index contributed by atoms with van der Waals surface area (Å²) in [6, 6.07) is 3.29. The van der Waals surface area contributed by atoms with E-state index in [9.17, 15) is 9.59 Å². The average Bonchev–Trinajstić information content (AvgIpc) is 2.37. The Labute approximate surface area is 118 Å². The SMILES string of the molecule is CC(C)(C)OC(=O)NCCCNC(=O)c1ccncc1. The molecule has 6 heteroatoms. The van der Waals surface area contributed by atoms with Gasteiger partial charge >= 0.3 is 6.09 Å². The van der Waals surface area contributed by atoms with Gasteiger partial charge in [0.05, 0.1) is 0 Å². The van der Waals surface area contributed by atoms with Gasteiger partial charge in [-0.05, 0) is 39.3 Å². The van der Waals surface area contributed by atoms with Gasteiger partial charge in [-0.15, -0.1) is 0 Å². The number of alkyl carbamates (subject to hydrolysis) is 1. The summed E-state index contributed by atoms with van der Waals surface area (Å²) in [5, 5.41) is 5.39. The van der Waals surface area contributed by atoms with Crippen LogP contribution < -0.4 is 10.6 Å². The predicted octanol–water partition coefficient (Wildman–Crippen LogP) is 1.73. The van der Waals surface area contributed by atoms with Crippen LogP contribution in [0.4, 0.5) is 4.79 Å². The van der Waals surface area contributed by atoms with Gasteiger partial charge in [-0.3, -0.25) is 9.78 Å². The van der Waals surface area contributed by atoms with Crippen molar-refractivity contribution in [3.63, 3.8) is 0 Å². The number of nitrogens with zero attached hydrogens (tertiary/aromatic N) is 1. The summed E-state index contributed by atoms with van der Waals surface area (Å²) in [5.41, 5.74) is 0.0692. The van der Waals surface area contributed by atoms with Crippen LogP contribution in [-0.2, 0) is 4.74 Å². The van der Waals surface area contributed by atoms with Gasteiger partial charge in [-0.25, -0.2) is 4.79 Å². The molecule has 0 unspecified atom stereocenters. The van der Waals surface area contributed by atoms with Crippen molar-refractivity contribution in [3.8, 4) is 0 Å². The summed E-state index contributed by atoms with van der Waals surface area (Å²) in [6.07, 6.45) is 3.33. The van der Waals surface area contributed by atoms with Gasteiger partial charge in [0.2, 0.25) is 0 Å². The van der Waals surface area contributed by atoms with Crippen LogP contribution in [0.5, 0.6) is 0 Å². The lowest BCUT2D eigenvalue weighted by Gasteiger charge is -2.19. The Balaban J connectivity index is 2.14. The molecule has 0 aromatic carbocycles. The molecule has 0 aliphatic rings. The molecule has 0 aliphatic heterocycles. The zero-order valence-corrected chi connectivity index (χ0v) is 12.1. The highest BCUT2D eigenvalue weighted by Gasteiger charge is 2.15. The van der Waals surface area contributed by atoms with Crippen molar-refractivity contribution in [2.24, 2.45) is 0 Å². The number of hydrogen-bond acceptors (Lipinski definition) is 4. The van der Waals surface area contributed by atoms with E-state index in [-0.39, 0.29) is 5.91 Å². The molecule has 2 N–H and O–H groups in total. The van der Waals surface area contributed by atoms with Gasteiger partial charge in [0.1, 0.15) is 5.60 Å². The highest BCUT2D eigenvalue weighted by molar-refractivity contribution is 5.93. The van der Waals surface area contributed by atoms with E-state index < -0.39 is 11.7 Å². The Morgan fingerprint density at radius 2 is 1.75 bits per heavy atom. The molecule has 0 saturated carbocycles. The zero-order chi connectivity index (χ0) is 15.0. The van der Waals surface area contributed by atoms with Crippen molar-refractivity contribution in [2.75, 3.05) is 13.1 Å².